The summed E-state index contributed by atoms with van der Waals surface area (Å²) in [5, 5.41) is 11.3. The van der Waals surface area contributed by atoms with Gasteiger partial charge in [0.1, 0.15) is 5.76 Å². The molecule has 0 saturated carbocycles. The summed E-state index contributed by atoms with van der Waals surface area (Å²) in [5.41, 5.74) is 3.76. The van der Waals surface area contributed by atoms with E-state index in [0.717, 1.165) is 41.9 Å². The standard InChI is InChI=1S/C28H27BrN4O3/c1-18-16-19(5-10-23(18)29)26(34)24-25(20-4-3-11-30-17-20)33(28(36)27(24)35)22-8-6-21(7-9-22)32-14-12-31(2)13-15-32/h3-11,16-17,25,34H,12-15H2,1-2H3/b26-24-. The molecule has 2 aromatic carbocycles. The number of hydrogen-bond donors (Lipinski definition) is 1. The van der Waals surface area contributed by atoms with Crippen molar-refractivity contribution >= 4 is 44.8 Å². The number of anilines is 2. The van der Waals surface area contributed by atoms with Gasteiger partial charge in [0, 0.05) is 60.0 Å². The largest absolute Gasteiger partial charge is 0.507 e. The van der Waals surface area contributed by atoms with E-state index in [-0.39, 0.29) is 11.3 Å². The lowest BCUT2D eigenvalue weighted by molar-refractivity contribution is -0.132. The summed E-state index contributed by atoms with van der Waals surface area (Å²) in [4.78, 5) is 37.0. The first-order valence-electron chi connectivity index (χ1n) is 11.9. The molecule has 2 saturated heterocycles. The molecule has 0 radical (unpaired) electrons. The van der Waals surface area contributed by atoms with Crippen LogP contribution in [-0.4, -0.2) is 59.9 Å². The molecule has 36 heavy (non-hydrogen) atoms. The topological polar surface area (TPSA) is 77.0 Å². The number of likely N-dealkylation sites (N-methyl/N-ethyl adjacent to an activating group) is 1. The molecular weight excluding hydrogens is 520 g/mol. The van der Waals surface area contributed by atoms with Gasteiger partial charge in [-0.3, -0.25) is 19.5 Å². The summed E-state index contributed by atoms with van der Waals surface area (Å²) in [6, 6.07) is 15.8. The van der Waals surface area contributed by atoms with Gasteiger partial charge in [0.05, 0.1) is 11.6 Å². The van der Waals surface area contributed by atoms with Crippen LogP contribution in [0.1, 0.15) is 22.7 Å². The fourth-order valence-electron chi connectivity index (χ4n) is 4.79. The first-order valence-corrected chi connectivity index (χ1v) is 12.7. The van der Waals surface area contributed by atoms with Crippen molar-refractivity contribution in [3.63, 3.8) is 0 Å². The Morgan fingerprint density at radius 2 is 1.69 bits per heavy atom. The minimum absolute atomic E-state index is 0.0536. The highest BCUT2D eigenvalue weighted by Gasteiger charge is 2.47. The van der Waals surface area contributed by atoms with E-state index in [2.05, 4.69) is 37.8 Å². The van der Waals surface area contributed by atoms with Crippen molar-refractivity contribution in [3.05, 3.63) is 93.7 Å². The van der Waals surface area contributed by atoms with E-state index in [4.69, 9.17) is 0 Å². The van der Waals surface area contributed by atoms with E-state index in [1.807, 2.05) is 43.3 Å². The van der Waals surface area contributed by atoms with E-state index < -0.39 is 17.7 Å². The molecule has 8 heteroatoms. The quantitative estimate of drug-likeness (QED) is 0.294. The third kappa shape index (κ3) is 4.42. The number of piperazine rings is 1. The molecule has 1 N–H and O–H groups in total. The van der Waals surface area contributed by atoms with Crippen LogP contribution in [-0.2, 0) is 9.59 Å². The molecule has 0 aliphatic carbocycles. The van der Waals surface area contributed by atoms with Crippen molar-refractivity contribution in [2.24, 2.45) is 0 Å². The van der Waals surface area contributed by atoms with Gasteiger partial charge in [-0.25, -0.2) is 0 Å². The second-order valence-corrected chi connectivity index (χ2v) is 10.1. The highest BCUT2D eigenvalue weighted by molar-refractivity contribution is 9.10. The summed E-state index contributed by atoms with van der Waals surface area (Å²) in [6.45, 7) is 5.76. The van der Waals surface area contributed by atoms with Crippen LogP contribution in [0.25, 0.3) is 5.76 Å². The SMILES string of the molecule is Cc1cc(/C(O)=C2/C(=O)C(=O)N(c3ccc(N4CCN(C)CC4)cc3)C2c2cccnc2)ccc1Br. The molecule has 2 aliphatic rings. The predicted octanol–water partition coefficient (Wildman–Crippen LogP) is 4.53. The number of Topliss-reactive ketones (excluding diaryl/α,β-unsaturated/α-hetero) is 1. The van der Waals surface area contributed by atoms with Gasteiger partial charge >= 0.3 is 0 Å². The van der Waals surface area contributed by atoms with Crippen LogP contribution in [0.3, 0.4) is 0 Å². The smallest absolute Gasteiger partial charge is 0.300 e. The Labute approximate surface area is 218 Å². The molecule has 1 unspecified atom stereocenters. The van der Waals surface area contributed by atoms with E-state index >= 15 is 0 Å². The highest BCUT2D eigenvalue weighted by atomic mass is 79.9. The van der Waals surface area contributed by atoms with Gasteiger partial charge in [-0.2, -0.15) is 0 Å². The maximum Gasteiger partial charge on any atom is 0.300 e. The molecule has 1 aromatic heterocycles. The number of ketones is 1. The Kier molecular flexibility index (Phi) is 6.64. The zero-order valence-corrected chi connectivity index (χ0v) is 21.8. The zero-order chi connectivity index (χ0) is 25.4. The average molecular weight is 547 g/mol. The van der Waals surface area contributed by atoms with Crippen LogP contribution >= 0.6 is 15.9 Å². The van der Waals surface area contributed by atoms with Crippen molar-refractivity contribution in [1.29, 1.82) is 0 Å². The van der Waals surface area contributed by atoms with E-state index in [9.17, 15) is 14.7 Å². The predicted molar refractivity (Wildman–Crippen MR) is 144 cm³/mol. The lowest BCUT2D eigenvalue weighted by Gasteiger charge is -2.34. The minimum atomic E-state index is -0.794. The van der Waals surface area contributed by atoms with E-state index in [1.54, 1.807) is 30.6 Å². The number of amides is 1. The van der Waals surface area contributed by atoms with Gasteiger partial charge in [0.15, 0.2) is 0 Å². The van der Waals surface area contributed by atoms with Gasteiger partial charge in [0.25, 0.3) is 11.7 Å². The molecule has 1 amide bonds. The van der Waals surface area contributed by atoms with Crippen LogP contribution in [0.5, 0.6) is 0 Å². The molecule has 3 heterocycles. The summed E-state index contributed by atoms with van der Waals surface area (Å²) < 4.78 is 0.892. The van der Waals surface area contributed by atoms with Crippen molar-refractivity contribution in [1.82, 2.24) is 9.88 Å². The number of rotatable bonds is 4. The number of nitrogens with zero attached hydrogens (tertiary/aromatic N) is 4. The average Bonchev–Trinajstić information content (AvgIpc) is 3.16. The van der Waals surface area contributed by atoms with Crippen LogP contribution in [0.4, 0.5) is 11.4 Å². The second kappa shape index (κ2) is 9.87. The lowest BCUT2D eigenvalue weighted by atomic mass is 9.95. The molecule has 0 bridgehead atoms. The Balaban J connectivity index is 1.57. The van der Waals surface area contributed by atoms with Gasteiger partial charge in [-0.1, -0.05) is 28.1 Å². The summed E-state index contributed by atoms with van der Waals surface area (Å²) in [6.07, 6.45) is 3.26. The van der Waals surface area contributed by atoms with Crippen molar-refractivity contribution in [2.45, 2.75) is 13.0 Å². The maximum absolute atomic E-state index is 13.4. The monoisotopic (exact) mass is 546 g/mol. The van der Waals surface area contributed by atoms with Gasteiger partial charge < -0.3 is 14.9 Å². The normalized spacial score (nSPS) is 20.2. The van der Waals surface area contributed by atoms with Crippen LogP contribution in [0.2, 0.25) is 0 Å². The van der Waals surface area contributed by atoms with Crippen LogP contribution < -0.4 is 9.80 Å². The van der Waals surface area contributed by atoms with Gasteiger partial charge in [-0.05, 0) is 67.6 Å². The number of aryl methyl sites for hydroxylation is 1. The van der Waals surface area contributed by atoms with Crippen molar-refractivity contribution in [3.8, 4) is 0 Å². The minimum Gasteiger partial charge on any atom is -0.507 e. The zero-order valence-electron chi connectivity index (χ0n) is 20.2. The lowest BCUT2D eigenvalue weighted by Crippen LogP contribution is -2.44. The number of pyridine rings is 1. The third-order valence-corrected chi connectivity index (χ3v) is 7.76. The fraction of sp³-hybridized carbons (Fsp3) is 0.250. The van der Waals surface area contributed by atoms with Crippen molar-refractivity contribution in [2.75, 3.05) is 43.0 Å². The number of halogens is 1. The Morgan fingerprint density at radius 3 is 2.33 bits per heavy atom. The van der Waals surface area contributed by atoms with E-state index in [1.165, 1.54) is 4.90 Å². The molecular formula is C28H27BrN4O3. The molecule has 184 valence electrons. The van der Waals surface area contributed by atoms with Crippen molar-refractivity contribution < 1.29 is 14.7 Å². The maximum atomic E-state index is 13.4. The Morgan fingerprint density at radius 1 is 1.00 bits per heavy atom. The van der Waals surface area contributed by atoms with E-state index in [0.29, 0.717) is 16.8 Å². The summed E-state index contributed by atoms with van der Waals surface area (Å²) in [7, 11) is 2.12. The summed E-state index contributed by atoms with van der Waals surface area (Å²) in [5.74, 6) is -1.59. The van der Waals surface area contributed by atoms with Gasteiger partial charge in [-0.15, -0.1) is 0 Å². The molecule has 2 fully saturated rings. The Bertz CT molecular complexity index is 1330. The third-order valence-electron chi connectivity index (χ3n) is 6.87. The van der Waals surface area contributed by atoms with Crippen LogP contribution in [0.15, 0.2) is 77.0 Å². The molecule has 7 nitrogen and oxygen atoms in total. The fourth-order valence-corrected chi connectivity index (χ4v) is 5.03. The number of carbonyl (C=O) groups excluding carboxylic acids is 2. The van der Waals surface area contributed by atoms with Crippen LogP contribution in [0, 0.1) is 6.92 Å². The first kappa shape index (κ1) is 24.2. The first-order chi connectivity index (χ1) is 17.3. The molecule has 5 rings (SSSR count). The highest BCUT2D eigenvalue weighted by Crippen LogP contribution is 2.42. The Hall–Kier alpha value is -3.49. The second-order valence-electron chi connectivity index (χ2n) is 9.23. The summed E-state index contributed by atoms with van der Waals surface area (Å²) >= 11 is 3.47. The molecule has 2 aliphatic heterocycles. The number of carbonyl (C=O) groups is 2. The molecule has 0 spiro atoms. The van der Waals surface area contributed by atoms with Gasteiger partial charge in [0.2, 0.25) is 0 Å². The molecule has 1 atom stereocenters. The number of hydrogen-bond acceptors (Lipinski definition) is 6. The number of aliphatic hydroxyl groups is 1. The number of aromatic nitrogens is 1. The number of benzene rings is 2. The molecule has 3 aromatic rings. The number of aliphatic hydroxyl groups excluding tert-OH is 1.